The largest absolute Gasteiger partial charge is 0.490 e. The van der Waals surface area contributed by atoms with Gasteiger partial charge in [0, 0.05) is 11.7 Å². The SMILES string of the molecule is CC1CCCC1Nc1ccc(OC2CCCC2)cc1. The van der Waals surface area contributed by atoms with E-state index < -0.39 is 0 Å². The van der Waals surface area contributed by atoms with E-state index in [0.717, 1.165) is 11.7 Å². The van der Waals surface area contributed by atoms with Gasteiger partial charge in [-0.25, -0.2) is 0 Å². The molecule has 0 spiro atoms. The summed E-state index contributed by atoms with van der Waals surface area (Å²) in [6.07, 6.45) is 9.57. The Morgan fingerprint density at radius 3 is 2.32 bits per heavy atom. The predicted octanol–water partition coefficient (Wildman–Crippen LogP) is 4.61. The molecule has 2 aliphatic carbocycles. The van der Waals surface area contributed by atoms with Crippen LogP contribution in [0.2, 0.25) is 0 Å². The minimum atomic E-state index is 0.452. The van der Waals surface area contributed by atoms with Gasteiger partial charge in [-0.05, 0) is 68.7 Å². The average molecular weight is 259 g/mol. The molecule has 2 aliphatic rings. The molecule has 2 atom stereocenters. The van der Waals surface area contributed by atoms with Crippen molar-refractivity contribution in [2.75, 3.05) is 5.32 Å². The van der Waals surface area contributed by atoms with Crippen LogP contribution in [-0.2, 0) is 0 Å². The summed E-state index contributed by atoms with van der Waals surface area (Å²) in [5, 5.41) is 3.66. The molecule has 2 unspecified atom stereocenters. The number of hydrogen-bond acceptors (Lipinski definition) is 2. The van der Waals surface area contributed by atoms with Crippen LogP contribution in [0.5, 0.6) is 5.75 Å². The van der Waals surface area contributed by atoms with E-state index in [9.17, 15) is 0 Å². The molecule has 0 radical (unpaired) electrons. The van der Waals surface area contributed by atoms with E-state index in [2.05, 4.69) is 36.5 Å². The normalized spacial score (nSPS) is 27.6. The average Bonchev–Trinajstić information content (AvgIpc) is 3.05. The highest BCUT2D eigenvalue weighted by Crippen LogP contribution is 2.29. The number of ether oxygens (including phenoxy) is 1. The van der Waals surface area contributed by atoms with Crippen LogP contribution in [0.1, 0.15) is 51.9 Å². The molecule has 1 aromatic rings. The molecule has 2 fully saturated rings. The van der Waals surface area contributed by atoms with Gasteiger partial charge in [-0.2, -0.15) is 0 Å². The van der Waals surface area contributed by atoms with Gasteiger partial charge in [-0.3, -0.25) is 0 Å². The van der Waals surface area contributed by atoms with Crippen LogP contribution in [0.25, 0.3) is 0 Å². The van der Waals surface area contributed by atoms with Gasteiger partial charge in [-0.1, -0.05) is 13.3 Å². The van der Waals surface area contributed by atoms with E-state index >= 15 is 0 Å². The first-order valence-corrected chi connectivity index (χ1v) is 7.84. The molecule has 2 heteroatoms. The van der Waals surface area contributed by atoms with Crippen LogP contribution >= 0.6 is 0 Å². The van der Waals surface area contributed by atoms with Crippen molar-refractivity contribution in [1.82, 2.24) is 0 Å². The minimum absolute atomic E-state index is 0.452. The third-order valence-corrected chi connectivity index (χ3v) is 4.67. The van der Waals surface area contributed by atoms with Gasteiger partial charge in [-0.15, -0.1) is 0 Å². The highest BCUT2D eigenvalue weighted by molar-refractivity contribution is 5.47. The molecule has 1 aromatic carbocycles. The molecule has 2 nitrogen and oxygen atoms in total. The van der Waals surface area contributed by atoms with Crippen molar-refractivity contribution in [1.29, 1.82) is 0 Å². The van der Waals surface area contributed by atoms with Crippen LogP contribution < -0.4 is 10.1 Å². The Balaban J connectivity index is 1.55. The summed E-state index contributed by atoms with van der Waals surface area (Å²) in [6, 6.07) is 9.20. The lowest BCUT2D eigenvalue weighted by Crippen LogP contribution is -2.21. The number of nitrogens with one attached hydrogen (secondary N) is 1. The molecule has 0 heterocycles. The Morgan fingerprint density at radius 2 is 1.68 bits per heavy atom. The van der Waals surface area contributed by atoms with E-state index in [1.807, 2.05) is 0 Å². The van der Waals surface area contributed by atoms with Crippen LogP contribution in [0.4, 0.5) is 5.69 Å². The minimum Gasteiger partial charge on any atom is -0.490 e. The van der Waals surface area contributed by atoms with Gasteiger partial charge in [0.25, 0.3) is 0 Å². The maximum atomic E-state index is 5.99. The number of benzene rings is 1. The number of rotatable bonds is 4. The van der Waals surface area contributed by atoms with Gasteiger partial charge < -0.3 is 10.1 Å². The molecule has 0 aromatic heterocycles. The Morgan fingerprint density at radius 1 is 0.947 bits per heavy atom. The quantitative estimate of drug-likeness (QED) is 0.852. The third-order valence-electron chi connectivity index (χ3n) is 4.67. The van der Waals surface area contributed by atoms with Crippen molar-refractivity contribution in [3.8, 4) is 5.75 Å². The molecule has 0 bridgehead atoms. The van der Waals surface area contributed by atoms with E-state index in [4.69, 9.17) is 4.74 Å². The zero-order valence-corrected chi connectivity index (χ0v) is 11.9. The highest BCUT2D eigenvalue weighted by atomic mass is 16.5. The molecular weight excluding hydrogens is 234 g/mol. The number of anilines is 1. The summed E-state index contributed by atoms with van der Waals surface area (Å²) in [5.74, 6) is 1.83. The monoisotopic (exact) mass is 259 g/mol. The molecule has 0 saturated heterocycles. The van der Waals surface area contributed by atoms with Gasteiger partial charge in [0.15, 0.2) is 0 Å². The maximum absolute atomic E-state index is 5.99. The summed E-state index contributed by atoms with van der Waals surface area (Å²) in [7, 11) is 0. The summed E-state index contributed by atoms with van der Waals surface area (Å²) >= 11 is 0. The first-order valence-electron chi connectivity index (χ1n) is 7.84. The summed E-state index contributed by atoms with van der Waals surface area (Å²) < 4.78 is 5.99. The lowest BCUT2D eigenvalue weighted by atomic mass is 10.1. The first kappa shape index (κ1) is 12.8. The summed E-state index contributed by atoms with van der Waals surface area (Å²) in [4.78, 5) is 0. The second-order valence-corrected chi connectivity index (χ2v) is 6.21. The second kappa shape index (κ2) is 5.85. The molecule has 3 rings (SSSR count). The van der Waals surface area contributed by atoms with Crippen LogP contribution in [-0.4, -0.2) is 12.1 Å². The Hall–Kier alpha value is -1.18. The molecule has 1 N–H and O–H groups in total. The van der Waals surface area contributed by atoms with Crippen LogP contribution in [0.3, 0.4) is 0 Å². The fraction of sp³-hybridized carbons (Fsp3) is 0.647. The summed E-state index contributed by atoms with van der Waals surface area (Å²) in [6.45, 7) is 2.35. The van der Waals surface area contributed by atoms with Crippen molar-refractivity contribution in [2.45, 2.75) is 64.0 Å². The lowest BCUT2D eigenvalue weighted by Gasteiger charge is -2.19. The smallest absolute Gasteiger partial charge is 0.119 e. The van der Waals surface area contributed by atoms with Crippen molar-refractivity contribution in [2.24, 2.45) is 5.92 Å². The maximum Gasteiger partial charge on any atom is 0.119 e. The topological polar surface area (TPSA) is 21.3 Å². The van der Waals surface area contributed by atoms with Gasteiger partial charge in [0.1, 0.15) is 5.75 Å². The molecule has 19 heavy (non-hydrogen) atoms. The fourth-order valence-electron chi connectivity index (χ4n) is 3.40. The van der Waals surface area contributed by atoms with Crippen LogP contribution in [0, 0.1) is 5.92 Å². The molecule has 104 valence electrons. The van der Waals surface area contributed by atoms with Crippen molar-refractivity contribution in [3.63, 3.8) is 0 Å². The van der Waals surface area contributed by atoms with Gasteiger partial charge >= 0.3 is 0 Å². The lowest BCUT2D eigenvalue weighted by molar-refractivity contribution is 0.210. The Labute approximate surface area is 116 Å². The van der Waals surface area contributed by atoms with Crippen molar-refractivity contribution >= 4 is 5.69 Å². The van der Waals surface area contributed by atoms with Crippen LogP contribution in [0.15, 0.2) is 24.3 Å². The van der Waals surface area contributed by atoms with Gasteiger partial charge in [0.2, 0.25) is 0 Å². The molecule has 0 aliphatic heterocycles. The zero-order valence-electron chi connectivity index (χ0n) is 11.9. The van der Waals surface area contributed by atoms with E-state index in [1.54, 1.807) is 0 Å². The van der Waals surface area contributed by atoms with Crippen molar-refractivity contribution in [3.05, 3.63) is 24.3 Å². The molecule has 2 saturated carbocycles. The fourth-order valence-corrected chi connectivity index (χ4v) is 3.40. The third kappa shape index (κ3) is 3.23. The number of hydrogen-bond donors (Lipinski definition) is 1. The molecule has 0 amide bonds. The second-order valence-electron chi connectivity index (χ2n) is 6.21. The van der Waals surface area contributed by atoms with E-state index in [0.29, 0.717) is 12.1 Å². The van der Waals surface area contributed by atoms with Crippen molar-refractivity contribution < 1.29 is 4.74 Å². The van der Waals surface area contributed by atoms with E-state index in [1.165, 1.54) is 50.6 Å². The predicted molar refractivity (Wildman–Crippen MR) is 79.8 cm³/mol. The molecular formula is C17H25NO. The Kier molecular flexibility index (Phi) is 3.95. The van der Waals surface area contributed by atoms with Gasteiger partial charge in [0.05, 0.1) is 6.10 Å². The standard InChI is InChI=1S/C17H25NO/c1-13-5-4-8-17(13)18-14-9-11-16(12-10-14)19-15-6-2-3-7-15/h9-13,15,17-18H,2-8H2,1H3. The first-order chi connectivity index (χ1) is 9.31. The Bertz CT molecular complexity index is 394. The summed E-state index contributed by atoms with van der Waals surface area (Å²) in [5.41, 5.74) is 1.23. The van der Waals surface area contributed by atoms with E-state index in [-0.39, 0.29) is 0 Å². The zero-order chi connectivity index (χ0) is 13.1. The highest BCUT2D eigenvalue weighted by Gasteiger charge is 2.23.